The molecular weight excluding hydrogens is 344 g/mol. The lowest BCUT2D eigenvalue weighted by atomic mass is 10.1. The molecular formula is C18H25F2N3O3. The zero-order chi connectivity index (χ0) is 19.1. The van der Waals surface area contributed by atoms with Gasteiger partial charge in [-0.1, -0.05) is 19.1 Å². The van der Waals surface area contributed by atoms with Gasteiger partial charge >= 0.3 is 6.61 Å². The number of rotatable bonds is 8. The monoisotopic (exact) mass is 369 g/mol. The number of alkyl halides is 2. The molecule has 1 saturated heterocycles. The molecule has 1 fully saturated rings. The second-order valence-corrected chi connectivity index (χ2v) is 6.24. The Balaban J connectivity index is 2.07. The van der Waals surface area contributed by atoms with Crippen molar-refractivity contribution in [3.05, 3.63) is 29.8 Å². The van der Waals surface area contributed by atoms with Crippen LogP contribution in [0, 0.1) is 0 Å². The largest absolute Gasteiger partial charge is 0.434 e. The fraction of sp³-hybridized carbons (Fsp3) is 0.556. The summed E-state index contributed by atoms with van der Waals surface area (Å²) in [5.74, 6) is -0.884. The van der Waals surface area contributed by atoms with Crippen molar-refractivity contribution in [1.29, 1.82) is 0 Å². The Labute approximate surface area is 151 Å². The molecule has 26 heavy (non-hydrogen) atoms. The highest BCUT2D eigenvalue weighted by atomic mass is 19.3. The third-order valence-corrected chi connectivity index (χ3v) is 4.28. The van der Waals surface area contributed by atoms with Gasteiger partial charge in [0.1, 0.15) is 11.8 Å². The smallest absolute Gasteiger partial charge is 0.387 e. The quantitative estimate of drug-likeness (QED) is 0.735. The Morgan fingerprint density at radius 3 is 2.77 bits per heavy atom. The van der Waals surface area contributed by atoms with E-state index in [2.05, 4.69) is 15.4 Å². The molecule has 6 nitrogen and oxygen atoms in total. The maximum absolute atomic E-state index is 12.8. The van der Waals surface area contributed by atoms with Crippen molar-refractivity contribution >= 4 is 11.8 Å². The number of likely N-dealkylation sites (tertiary alicyclic amines) is 1. The van der Waals surface area contributed by atoms with Gasteiger partial charge in [0.15, 0.2) is 0 Å². The molecule has 1 aliphatic heterocycles. The first-order chi connectivity index (χ1) is 12.4. The normalized spacial score (nSPS) is 18.0. The average Bonchev–Trinajstić information content (AvgIpc) is 3.09. The molecule has 1 heterocycles. The Morgan fingerprint density at radius 2 is 2.08 bits per heavy atom. The fourth-order valence-corrected chi connectivity index (χ4v) is 3.07. The molecule has 1 unspecified atom stereocenters. The van der Waals surface area contributed by atoms with Gasteiger partial charge in [-0.25, -0.2) is 0 Å². The van der Waals surface area contributed by atoms with Gasteiger partial charge in [0.2, 0.25) is 5.91 Å². The molecule has 1 aromatic carbocycles. The molecule has 1 aromatic rings. The molecule has 2 rings (SSSR count). The number of amides is 2. The van der Waals surface area contributed by atoms with Crippen molar-refractivity contribution in [2.75, 3.05) is 19.6 Å². The van der Waals surface area contributed by atoms with Crippen molar-refractivity contribution in [1.82, 2.24) is 15.5 Å². The average molecular weight is 369 g/mol. The van der Waals surface area contributed by atoms with Crippen LogP contribution in [0.15, 0.2) is 24.3 Å². The highest BCUT2D eigenvalue weighted by Crippen LogP contribution is 2.26. The summed E-state index contributed by atoms with van der Waals surface area (Å²) in [5.41, 5.74) is 0.0357. The first-order valence-corrected chi connectivity index (χ1v) is 8.80. The highest BCUT2D eigenvalue weighted by Gasteiger charge is 2.35. The van der Waals surface area contributed by atoms with Gasteiger partial charge in [-0.3, -0.25) is 9.59 Å². The van der Waals surface area contributed by atoms with Crippen LogP contribution in [0.5, 0.6) is 5.75 Å². The Morgan fingerprint density at radius 1 is 1.35 bits per heavy atom. The van der Waals surface area contributed by atoms with Crippen LogP contribution in [0.1, 0.15) is 37.0 Å². The van der Waals surface area contributed by atoms with E-state index in [4.69, 9.17) is 0 Å². The zero-order valence-corrected chi connectivity index (χ0v) is 15.0. The van der Waals surface area contributed by atoms with Crippen LogP contribution in [0.2, 0.25) is 0 Å². The van der Waals surface area contributed by atoms with E-state index >= 15 is 0 Å². The molecule has 0 aliphatic carbocycles. The van der Waals surface area contributed by atoms with Crippen LogP contribution in [-0.2, 0) is 4.79 Å². The van der Waals surface area contributed by atoms with E-state index in [1.807, 2.05) is 13.8 Å². The molecule has 8 heteroatoms. The SMILES string of the molecule is CCN[C@H](C)CNC(=O)C1CCCN1C(=O)c1ccccc1OC(F)F. The van der Waals surface area contributed by atoms with Gasteiger partial charge in [0.05, 0.1) is 5.56 Å². The number of benzene rings is 1. The maximum atomic E-state index is 12.8. The summed E-state index contributed by atoms with van der Waals surface area (Å²) in [6, 6.07) is 5.37. The topological polar surface area (TPSA) is 70.7 Å². The number of nitrogens with one attached hydrogen (secondary N) is 2. The number of hydrogen-bond acceptors (Lipinski definition) is 4. The van der Waals surface area contributed by atoms with E-state index in [1.165, 1.54) is 23.1 Å². The number of nitrogens with zero attached hydrogens (tertiary/aromatic N) is 1. The summed E-state index contributed by atoms with van der Waals surface area (Å²) >= 11 is 0. The molecule has 1 aliphatic rings. The van der Waals surface area contributed by atoms with E-state index in [0.29, 0.717) is 25.9 Å². The predicted molar refractivity (Wildman–Crippen MR) is 93.3 cm³/mol. The van der Waals surface area contributed by atoms with Crippen molar-refractivity contribution in [2.24, 2.45) is 0 Å². The minimum Gasteiger partial charge on any atom is -0.434 e. The predicted octanol–water partition coefficient (Wildman–Crippen LogP) is 2.01. The molecule has 2 N–H and O–H groups in total. The number of hydrogen-bond donors (Lipinski definition) is 2. The third kappa shape index (κ3) is 5.14. The van der Waals surface area contributed by atoms with Crippen molar-refractivity contribution in [3.63, 3.8) is 0 Å². The van der Waals surface area contributed by atoms with Crippen LogP contribution in [0.25, 0.3) is 0 Å². The lowest BCUT2D eigenvalue weighted by Gasteiger charge is -2.25. The van der Waals surface area contributed by atoms with Gasteiger partial charge < -0.3 is 20.3 Å². The summed E-state index contributed by atoms with van der Waals surface area (Å²) in [6.07, 6.45) is 1.23. The standard InChI is InChI=1S/C18H25F2N3O3/c1-3-21-12(2)11-22-16(24)14-8-6-10-23(14)17(25)13-7-4-5-9-15(13)26-18(19)20/h4-5,7,9,12,14,18,21H,3,6,8,10-11H2,1-2H3,(H,22,24)/t12-,14?/m1/s1. The first-order valence-electron chi connectivity index (χ1n) is 8.80. The van der Waals surface area contributed by atoms with Gasteiger partial charge in [0.25, 0.3) is 5.91 Å². The van der Waals surface area contributed by atoms with Crippen molar-refractivity contribution in [3.8, 4) is 5.75 Å². The number of likely N-dealkylation sites (N-methyl/N-ethyl adjacent to an activating group) is 1. The summed E-state index contributed by atoms with van der Waals surface area (Å²) in [5, 5.41) is 6.04. The second kappa shape index (κ2) is 9.47. The number of carbonyl (C=O) groups is 2. The molecule has 0 radical (unpaired) electrons. The van der Waals surface area contributed by atoms with E-state index in [1.54, 1.807) is 6.07 Å². The van der Waals surface area contributed by atoms with Gasteiger partial charge in [-0.15, -0.1) is 0 Å². The Bertz CT molecular complexity index is 627. The van der Waals surface area contributed by atoms with Gasteiger partial charge in [0, 0.05) is 19.1 Å². The minimum atomic E-state index is -3.02. The fourth-order valence-electron chi connectivity index (χ4n) is 3.07. The Hall–Kier alpha value is -2.22. The molecule has 0 bridgehead atoms. The van der Waals surface area contributed by atoms with E-state index < -0.39 is 18.6 Å². The minimum absolute atomic E-state index is 0.0357. The van der Waals surface area contributed by atoms with Crippen molar-refractivity contribution < 1.29 is 23.1 Å². The number of ether oxygens (including phenoxy) is 1. The van der Waals surface area contributed by atoms with Gasteiger partial charge in [-0.2, -0.15) is 8.78 Å². The van der Waals surface area contributed by atoms with E-state index in [9.17, 15) is 18.4 Å². The number of carbonyl (C=O) groups excluding carboxylic acids is 2. The third-order valence-electron chi connectivity index (χ3n) is 4.28. The van der Waals surface area contributed by atoms with E-state index in [0.717, 1.165) is 6.54 Å². The lowest BCUT2D eigenvalue weighted by Crippen LogP contribution is -2.48. The summed E-state index contributed by atoms with van der Waals surface area (Å²) in [6.45, 7) is 2.58. The van der Waals surface area contributed by atoms with Crippen LogP contribution >= 0.6 is 0 Å². The number of halogens is 2. The van der Waals surface area contributed by atoms with Crippen LogP contribution in [0.3, 0.4) is 0 Å². The molecule has 0 spiro atoms. The molecule has 144 valence electrons. The van der Waals surface area contributed by atoms with Crippen LogP contribution < -0.4 is 15.4 Å². The van der Waals surface area contributed by atoms with Gasteiger partial charge in [-0.05, 0) is 38.4 Å². The lowest BCUT2D eigenvalue weighted by molar-refractivity contribution is -0.124. The highest BCUT2D eigenvalue weighted by molar-refractivity contribution is 6.00. The molecule has 2 atom stereocenters. The Kier molecular flexibility index (Phi) is 7.32. The van der Waals surface area contributed by atoms with Crippen LogP contribution in [-0.4, -0.2) is 55.0 Å². The molecule has 0 aromatic heterocycles. The molecule has 2 amide bonds. The van der Waals surface area contributed by atoms with E-state index in [-0.39, 0.29) is 23.3 Å². The summed E-state index contributed by atoms with van der Waals surface area (Å²) in [7, 11) is 0. The summed E-state index contributed by atoms with van der Waals surface area (Å²) < 4.78 is 29.6. The second-order valence-electron chi connectivity index (χ2n) is 6.24. The molecule has 0 saturated carbocycles. The van der Waals surface area contributed by atoms with Crippen molar-refractivity contribution in [2.45, 2.75) is 45.4 Å². The van der Waals surface area contributed by atoms with Crippen LogP contribution in [0.4, 0.5) is 8.78 Å². The maximum Gasteiger partial charge on any atom is 0.387 e. The summed E-state index contributed by atoms with van der Waals surface area (Å²) in [4.78, 5) is 26.7. The first kappa shape index (κ1) is 20.1. The number of para-hydroxylation sites is 1. The zero-order valence-electron chi connectivity index (χ0n) is 15.0.